The van der Waals surface area contributed by atoms with Crippen molar-refractivity contribution in [3.05, 3.63) is 132 Å². The van der Waals surface area contributed by atoms with E-state index in [9.17, 15) is 0 Å². The molecule has 216 valence electrons. The summed E-state index contributed by atoms with van der Waals surface area (Å²) in [7, 11) is 0. The van der Waals surface area contributed by atoms with Crippen LogP contribution in [0.1, 0.15) is 43.2 Å². The van der Waals surface area contributed by atoms with Gasteiger partial charge >= 0.3 is 0 Å². The quantitative estimate of drug-likeness (QED) is 0.198. The Hall–Kier alpha value is -4.62. The standard InChI is InChI=1S/C44H34O/c1-2-8-28(9-3-1)29-16-17-33-36-12-6-11-35-32(18-19-40(43(35)36)45-41(33)25-29)34-13-7-15-39-42(34)37-10-4-5-14-38(37)44(39)30-21-26-20-27(23-30)24-31(44)22-26/h1-19,25-27,30-31H,20-24H2. The van der Waals surface area contributed by atoms with Crippen molar-refractivity contribution in [2.75, 3.05) is 0 Å². The third kappa shape index (κ3) is 3.14. The third-order valence-corrected chi connectivity index (χ3v) is 12.5. The van der Waals surface area contributed by atoms with Crippen molar-refractivity contribution in [1.29, 1.82) is 0 Å². The summed E-state index contributed by atoms with van der Waals surface area (Å²) >= 11 is 0. The van der Waals surface area contributed by atoms with Gasteiger partial charge in [0, 0.05) is 16.4 Å². The molecule has 4 saturated carbocycles. The maximum atomic E-state index is 6.71. The van der Waals surface area contributed by atoms with Gasteiger partial charge in [-0.3, -0.25) is 0 Å². The van der Waals surface area contributed by atoms with E-state index in [4.69, 9.17) is 4.74 Å². The molecule has 6 aliphatic rings. The van der Waals surface area contributed by atoms with Gasteiger partial charge in [-0.05, 0) is 129 Å². The lowest BCUT2D eigenvalue weighted by Gasteiger charge is -2.61. The third-order valence-electron chi connectivity index (χ3n) is 12.5. The highest BCUT2D eigenvalue weighted by Crippen LogP contribution is 2.70. The maximum absolute atomic E-state index is 6.71. The second-order valence-electron chi connectivity index (χ2n) is 14.5. The van der Waals surface area contributed by atoms with E-state index in [1.165, 1.54) is 87.4 Å². The van der Waals surface area contributed by atoms with Gasteiger partial charge in [-0.2, -0.15) is 0 Å². The zero-order valence-corrected chi connectivity index (χ0v) is 25.3. The molecular formula is C44H34O. The Morgan fingerprint density at radius 3 is 2.00 bits per heavy atom. The highest BCUT2D eigenvalue weighted by molar-refractivity contribution is 6.12. The number of rotatable bonds is 2. The summed E-state index contributed by atoms with van der Waals surface area (Å²) < 4.78 is 6.71. The number of hydrogen-bond acceptors (Lipinski definition) is 1. The van der Waals surface area contributed by atoms with Crippen molar-refractivity contribution >= 4 is 10.8 Å². The molecule has 0 radical (unpaired) electrons. The summed E-state index contributed by atoms with van der Waals surface area (Å²) in [6.07, 6.45) is 7.13. The Labute approximate surface area is 264 Å². The van der Waals surface area contributed by atoms with E-state index in [1.54, 1.807) is 11.1 Å². The lowest BCUT2D eigenvalue weighted by molar-refractivity contribution is -0.0399. The molecule has 0 unspecified atom stereocenters. The highest BCUT2D eigenvalue weighted by atomic mass is 16.5. The summed E-state index contributed by atoms with van der Waals surface area (Å²) in [6.45, 7) is 0. The Balaban J connectivity index is 1.12. The predicted molar refractivity (Wildman–Crippen MR) is 184 cm³/mol. The minimum Gasteiger partial charge on any atom is -0.456 e. The fourth-order valence-corrected chi connectivity index (χ4v) is 11.1. The molecule has 12 rings (SSSR count). The Bertz CT molecular complexity index is 2180. The molecule has 1 aliphatic heterocycles. The van der Waals surface area contributed by atoms with Crippen LogP contribution in [0.4, 0.5) is 0 Å². The SMILES string of the molecule is c1ccc(-c2ccc3c(c2)Oc2ccc(-c4cccc5c4-c4ccccc4C54C5CC6CC(C5)CC4C6)c4cccc-3c24)cc1. The van der Waals surface area contributed by atoms with Gasteiger partial charge in [-0.1, -0.05) is 103 Å². The Morgan fingerprint density at radius 2 is 1.16 bits per heavy atom. The van der Waals surface area contributed by atoms with Crippen LogP contribution in [0.3, 0.4) is 0 Å². The van der Waals surface area contributed by atoms with Crippen LogP contribution in [0.15, 0.2) is 121 Å². The van der Waals surface area contributed by atoms with E-state index < -0.39 is 0 Å². The largest absolute Gasteiger partial charge is 0.456 e. The highest BCUT2D eigenvalue weighted by Gasteiger charge is 2.61. The van der Waals surface area contributed by atoms with Gasteiger partial charge in [0.05, 0.1) is 0 Å². The van der Waals surface area contributed by atoms with Gasteiger partial charge in [0.25, 0.3) is 0 Å². The molecule has 4 bridgehead atoms. The minimum absolute atomic E-state index is 0.181. The first-order valence-corrected chi connectivity index (χ1v) is 16.9. The lowest BCUT2D eigenvalue weighted by atomic mass is 9.43. The van der Waals surface area contributed by atoms with Crippen LogP contribution in [0.5, 0.6) is 11.5 Å². The van der Waals surface area contributed by atoms with E-state index in [-0.39, 0.29) is 5.41 Å². The molecule has 1 spiro atoms. The molecule has 0 amide bonds. The summed E-state index contributed by atoms with van der Waals surface area (Å²) in [5, 5.41) is 2.50. The molecule has 6 aromatic rings. The topological polar surface area (TPSA) is 9.23 Å². The molecule has 1 nitrogen and oxygen atoms in total. The van der Waals surface area contributed by atoms with Crippen LogP contribution in [-0.2, 0) is 5.41 Å². The molecule has 0 saturated heterocycles. The number of benzene rings is 6. The van der Waals surface area contributed by atoms with E-state index in [0.717, 1.165) is 35.2 Å². The summed E-state index contributed by atoms with van der Waals surface area (Å²) in [6, 6.07) is 45.4. The fraction of sp³-hybridized carbons (Fsp3) is 0.227. The van der Waals surface area contributed by atoms with Gasteiger partial charge in [0.2, 0.25) is 0 Å². The molecule has 0 atom stereocenters. The van der Waals surface area contributed by atoms with Crippen LogP contribution in [0.2, 0.25) is 0 Å². The second-order valence-corrected chi connectivity index (χ2v) is 14.5. The van der Waals surface area contributed by atoms with Crippen LogP contribution >= 0.6 is 0 Å². The van der Waals surface area contributed by atoms with E-state index in [1.807, 2.05) is 0 Å². The second kappa shape index (κ2) is 8.76. The van der Waals surface area contributed by atoms with Crippen LogP contribution in [-0.4, -0.2) is 0 Å². The lowest BCUT2D eigenvalue weighted by Crippen LogP contribution is -2.55. The van der Waals surface area contributed by atoms with Gasteiger partial charge in [-0.15, -0.1) is 0 Å². The monoisotopic (exact) mass is 578 g/mol. The molecule has 0 N–H and O–H groups in total. The summed E-state index contributed by atoms with van der Waals surface area (Å²) in [5.41, 5.74) is 13.9. The number of fused-ring (bicyclic) bond motifs is 5. The minimum atomic E-state index is 0.181. The van der Waals surface area contributed by atoms with E-state index in [0.29, 0.717) is 0 Å². The van der Waals surface area contributed by atoms with Crippen molar-refractivity contribution < 1.29 is 4.74 Å². The fourth-order valence-electron chi connectivity index (χ4n) is 11.1. The van der Waals surface area contributed by atoms with E-state index in [2.05, 4.69) is 121 Å². The first-order valence-electron chi connectivity index (χ1n) is 16.9. The summed E-state index contributed by atoms with van der Waals surface area (Å²) in [4.78, 5) is 0. The van der Waals surface area contributed by atoms with Crippen molar-refractivity contribution in [2.24, 2.45) is 23.7 Å². The molecule has 1 heterocycles. The molecular weight excluding hydrogens is 544 g/mol. The van der Waals surface area contributed by atoms with Crippen molar-refractivity contribution in [2.45, 2.75) is 37.5 Å². The van der Waals surface area contributed by atoms with Gasteiger partial charge in [0.1, 0.15) is 11.5 Å². The summed E-state index contributed by atoms with van der Waals surface area (Å²) in [5.74, 6) is 5.33. The molecule has 6 aromatic carbocycles. The van der Waals surface area contributed by atoms with Crippen molar-refractivity contribution in [3.8, 4) is 56.0 Å². The molecule has 45 heavy (non-hydrogen) atoms. The number of ether oxygens (including phenoxy) is 1. The normalized spacial score (nSPS) is 26.0. The van der Waals surface area contributed by atoms with Gasteiger partial charge < -0.3 is 4.74 Å². The van der Waals surface area contributed by atoms with Gasteiger partial charge in [-0.25, -0.2) is 0 Å². The van der Waals surface area contributed by atoms with Crippen molar-refractivity contribution in [1.82, 2.24) is 0 Å². The van der Waals surface area contributed by atoms with Crippen LogP contribution in [0, 0.1) is 23.7 Å². The number of hydrogen-bond donors (Lipinski definition) is 0. The zero-order valence-electron chi connectivity index (χ0n) is 25.3. The average molecular weight is 579 g/mol. The average Bonchev–Trinajstić information content (AvgIpc) is 3.38. The maximum Gasteiger partial charge on any atom is 0.135 e. The first-order chi connectivity index (χ1) is 22.3. The first kappa shape index (κ1) is 24.7. The van der Waals surface area contributed by atoms with E-state index >= 15 is 0 Å². The van der Waals surface area contributed by atoms with Gasteiger partial charge in [0.15, 0.2) is 0 Å². The Morgan fingerprint density at radius 1 is 0.467 bits per heavy atom. The molecule has 4 fully saturated rings. The predicted octanol–water partition coefficient (Wildman–Crippen LogP) is 11.7. The molecule has 1 heteroatoms. The molecule has 5 aliphatic carbocycles. The van der Waals surface area contributed by atoms with Crippen molar-refractivity contribution in [3.63, 3.8) is 0 Å². The Kier molecular flexibility index (Phi) is 4.80. The smallest absolute Gasteiger partial charge is 0.135 e. The van der Waals surface area contributed by atoms with Crippen LogP contribution < -0.4 is 4.74 Å². The van der Waals surface area contributed by atoms with Crippen LogP contribution in [0.25, 0.3) is 55.3 Å². The zero-order chi connectivity index (χ0) is 29.3. The molecule has 0 aromatic heterocycles.